The molecule has 25 heavy (non-hydrogen) atoms. The predicted molar refractivity (Wildman–Crippen MR) is 112 cm³/mol. The zero-order valence-corrected chi connectivity index (χ0v) is 19.0. The summed E-state index contributed by atoms with van der Waals surface area (Å²) in [5.74, 6) is -0.857. The van der Waals surface area contributed by atoms with Crippen LogP contribution in [0.25, 0.3) is 0 Å². The Hall–Kier alpha value is -1.18. The molecule has 0 heterocycles. The maximum atomic E-state index is 12.2. The fraction of sp³-hybridized carbons (Fsp3) is 0.550. The SMILES string of the molecule is C/C=C/[C@H]([C@H](O[Si](C)(C)C(C)(C)C)C(=O)O)[Si](C)(C)c1ccccc1. The van der Waals surface area contributed by atoms with Gasteiger partial charge in [-0.25, -0.2) is 4.79 Å². The van der Waals surface area contributed by atoms with E-state index in [-0.39, 0.29) is 10.6 Å². The molecule has 1 rings (SSSR count). The third-order valence-electron chi connectivity index (χ3n) is 5.55. The van der Waals surface area contributed by atoms with Crippen molar-refractivity contribution in [3.8, 4) is 0 Å². The third kappa shape index (κ3) is 5.15. The van der Waals surface area contributed by atoms with Gasteiger partial charge in [0.05, 0.1) is 8.07 Å². The second-order valence-electron chi connectivity index (χ2n) is 8.78. The van der Waals surface area contributed by atoms with Crippen molar-refractivity contribution < 1.29 is 14.3 Å². The molecule has 0 spiro atoms. The van der Waals surface area contributed by atoms with Crippen LogP contribution < -0.4 is 5.19 Å². The maximum absolute atomic E-state index is 12.2. The van der Waals surface area contributed by atoms with Crippen molar-refractivity contribution in [1.82, 2.24) is 0 Å². The zero-order chi connectivity index (χ0) is 19.5. The summed E-state index contributed by atoms with van der Waals surface area (Å²) in [7, 11) is -4.28. The molecule has 0 amide bonds. The van der Waals surface area contributed by atoms with Crippen LogP contribution in [0.4, 0.5) is 0 Å². The Morgan fingerprint density at radius 2 is 1.64 bits per heavy atom. The van der Waals surface area contributed by atoms with Crippen molar-refractivity contribution in [2.45, 2.75) is 70.6 Å². The molecule has 2 atom stereocenters. The Kier molecular flexibility index (Phi) is 7.01. The number of allylic oxidation sites excluding steroid dienone is 1. The Morgan fingerprint density at radius 3 is 2.04 bits per heavy atom. The molecule has 1 N–H and O–H groups in total. The van der Waals surface area contributed by atoms with Crippen LogP contribution in [0, 0.1) is 0 Å². The highest BCUT2D eigenvalue weighted by molar-refractivity contribution is 6.91. The van der Waals surface area contributed by atoms with E-state index in [9.17, 15) is 9.90 Å². The average Bonchev–Trinajstić information content (AvgIpc) is 2.50. The summed E-state index contributed by atoms with van der Waals surface area (Å²) < 4.78 is 6.41. The summed E-state index contributed by atoms with van der Waals surface area (Å²) in [6.45, 7) is 17.1. The van der Waals surface area contributed by atoms with E-state index in [1.165, 1.54) is 5.19 Å². The summed E-state index contributed by atoms with van der Waals surface area (Å²) in [6, 6.07) is 10.3. The van der Waals surface area contributed by atoms with Crippen molar-refractivity contribution >= 4 is 27.5 Å². The van der Waals surface area contributed by atoms with Crippen LogP contribution in [0.3, 0.4) is 0 Å². The average molecular weight is 379 g/mol. The molecule has 0 radical (unpaired) electrons. The smallest absolute Gasteiger partial charge is 0.331 e. The number of hydrogen-bond donors (Lipinski definition) is 1. The number of carbonyl (C=O) groups is 1. The second kappa shape index (κ2) is 8.02. The summed E-state index contributed by atoms with van der Waals surface area (Å²) in [4.78, 5) is 12.2. The number of carboxylic acids is 1. The fourth-order valence-electron chi connectivity index (χ4n) is 2.76. The maximum Gasteiger partial charge on any atom is 0.331 e. The quantitative estimate of drug-likeness (QED) is 0.535. The summed E-state index contributed by atoms with van der Waals surface area (Å²) in [5.41, 5.74) is -0.119. The molecule has 1 aromatic rings. The predicted octanol–water partition coefficient (Wildman–Crippen LogP) is 5.02. The largest absolute Gasteiger partial charge is 0.479 e. The molecule has 140 valence electrons. The van der Waals surface area contributed by atoms with Gasteiger partial charge >= 0.3 is 5.97 Å². The number of hydrogen-bond acceptors (Lipinski definition) is 2. The van der Waals surface area contributed by atoms with Crippen LogP contribution in [0.1, 0.15) is 27.7 Å². The van der Waals surface area contributed by atoms with E-state index < -0.39 is 28.5 Å². The molecule has 0 saturated heterocycles. The van der Waals surface area contributed by atoms with E-state index in [0.29, 0.717) is 0 Å². The van der Waals surface area contributed by atoms with Crippen LogP contribution in [0.2, 0.25) is 36.8 Å². The third-order valence-corrected chi connectivity index (χ3v) is 14.0. The van der Waals surface area contributed by atoms with Crippen molar-refractivity contribution in [3.63, 3.8) is 0 Å². The summed E-state index contributed by atoms with van der Waals surface area (Å²) in [5, 5.41) is 11.2. The molecule has 3 nitrogen and oxygen atoms in total. The van der Waals surface area contributed by atoms with Gasteiger partial charge in [0.15, 0.2) is 8.32 Å². The van der Waals surface area contributed by atoms with Crippen LogP contribution in [-0.4, -0.2) is 33.6 Å². The highest BCUT2D eigenvalue weighted by Crippen LogP contribution is 2.40. The first-order valence-corrected chi connectivity index (χ1v) is 14.9. The summed E-state index contributed by atoms with van der Waals surface area (Å²) >= 11 is 0. The minimum absolute atomic E-state index is 0.0282. The molecule has 0 aromatic heterocycles. The van der Waals surface area contributed by atoms with E-state index >= 15 is 0 Å². The van der Waals surface area contributed by atoms with Crippen molar-refractivity contribution in [2.75, 3.05) is 0 Å². The van der Waals surface area contributed by atoms with Gasteiger partial charge < -0.3 is 9.53 Å². The van der Waals surface area contributed by atoms with Crippen molar-refractivity contribution in [2.24, 2.45) is 0 Å². The van der Waals surface area contributed by atoms with Gasteiger partial charge in [0, 0.05) is 5.54 Å². The molecule has 0 fully saturated rings. The minimum Gasteiger partial charge on any atom is -0.479 e. The lowest BCUT2D eigenvalue weighted by Crippen LogP contribution is -2.55. The Labute approximate surface area is 155 Å². The minimum atomic E-state index is -2.19. The second-order valence-corrected chi connectivity index (χ2v) is 18.2. The molecule has 0 aliphatic rings. The molecule has 0 aliphatic heterocycles. The molecule has 1 aromatic carbocycles. The molecular formula is C20H34O3Si2. The first-order valence-electron chi connectivity index (χ1n) is 8.93. The van der Waals surface area contributed by atoms with Gasteiger partial charge in [-0.05, 0) is 25.1 Å². The van der Waals surface area contributed by atoms with Crippen LogP contribution in [0.5, 0.6) is 0 Å². The van der Waals surface area contributed by atoms with Gasteiger partial charge in [0.2, 0.25) is 0 Å². The van der Waals surface area contributed by atoms with E-state index in [0.717, 1.165) is 0 Å². The number of benzene rings is 1. The van der Waals surface area contributed by atoms with Gasteiger partial charge in [0.1, 0.15) is 6.10 Å². The molecule has 0 unspecified atom stereocenters. The van der Waals surface area contributed by atoms with E-state index in [2.05, 4.69) is 59.1 Å². The van der Waals surface area contributed by atoms with Crippen LogP contribution >= 0.6 is 0 Å². The Morgan fingerprint density at radius 1 is 1.12 bits per heavy atom. The summed E-state index contributed by atoms with van der Waals surface area (Å²) in [6.07, 6.45) is 3.21. The molecular weight excluding hydrogens is 344 g/mol. The van der Waals surface area contributed by atoms with Gasteiger partial charge in [-0.15, -0.1) is 0 Å². The van der Waals surface area contributed by atoms with Gasteiger partial charge in [-0.1, -0.05) is 81.5 Å². The highest BCUT2D eigenvalue weighted by Gasteiger charge is 2.47. The first kappa shape index (κ1) is 21.9. The monoisotopic (exact) mass is 378 g/mol. The number of aliphatic carboxylic acids is 1. The van der Waals surface area contributed by atoms with Gasteiger partial charge in [-0.3, -0.25) is 0 Å². The molecule has 0 saturated carbocycles. The molecule has 0 aliphatic carbocycles. The molecule has 5 heteroatoms. The van der Waals surface area contributed by atoms with E-state index in [4.69, 9.17) is 4.43 Å². The van der Waals surface area contributed by atoms with Gasteiger partial charge in [-0.2, -0.15) is 0 Å². The number of rotatable bonds is 7. The number of carboxylic acid groups (broad SMARTS) is 1. The first-order chi connectivity index (χ1) is 11.3. The highest BCUT2D eigenvalue weighted by atomic mass is 28.4. The normalized spacial score (nSPS) is 16.0. The Balaban J connectivity index is 3.35. The lowest BCUT2D eigenvalue weighted by atomic mass is 10.2. The van der Waals surface area contributed by atoms with Crippen LogP contribution in [0.15, 0.2) is 42.5 Å². The topological polar surface area (TPSA) is 46.5 Å². The van der Waals surface area contributed by atoms with E-state index in [1.807, 2.05) is 37.3 Å². The lowest BCUT2D eigenvalue weighted by Gasteiger charge is -2.42. The Bertz CT molecular complexity index is 601. The standard InChI is InChI=1S/C20H34O3Si2/c1-9-13-17(24(5,6)16-14-11-10-12-15-16)18(19(21)22)23-25(7,8)20(2,3)4/h9-15,17-18H,1-8H3,(H,21,22)/b13-9+/t17-,18+/m1/s1. The van der Waals surface area contributed by atoms with Crippen molar-refractivity contribution in [3.05, 3.63) is 42.5 Å². The van der Waals surface area contributed by atoms with Crippen molar-refractivity contribution in [1.29, 1.82) is 0 Å². The lowest BCUT2D eigenvalue weighted by molar-refractivity contribution is -0.145. The fourth-order valence-corrected chi connectivity index (χ4v) is 7.21. The van der Waals surface area contributed by atoms with E-state index in [1.54, 1.807) is 0 Å². The molecule has 0 bridgehead atoms. The van der Waals surface area contributed by atoms with Crippen LogP contribution in [-0.2, 0) is 9.22 Å². The zero-order valence-electron chi connectivity index (χ0n) is 17.0. The van der Waals surface area contributed by atoms with Gasteiger partial charge in [0.25, 0.3) is 0 Å².